The molecule has 0 N–H and O–H groups in total. The minimum Gasteiger partial charge on any atom is -0.243 e. The van der Waals surface area contributed by atoms with Crippen molar-refractivity contribution in [2.75, 3.05) is 0 Å². The highest BCUT2D eigenvalue weighted by Crippen LogP contribution is 2.47. The topological polar surface area (TPSA) is 9.23 Å². The summed E-state index contributed by atoms with van der Waals surface area (Å²) in [5, 5.41) is -11.2. The van der Waals surface area contributed by atoms with E-state index in [2.05, 4.69) is 23.2 Å². The molecule has 0 rings (SSSR count). The smallest absolute Gasteiger partial charge is 0.243 e. The Kier molecular flexibility index (Phi) is 3.77. The first kappa shape index (κ1) is 15.0. The Bertz CT molecular complexity index is 206. The van der Waals surface area contributed by atoms with E-state index in [0.717, 1.165) is 0 Å². The summed E-state index contributed by atoms with van der Waals surface area (Å²) in [7, 11) is 0. The SMILES string of the molecule is FC(F)(Cl)C(F)(F)OC(F)(F)C(F)(F)Cl. The van der Waals surface area contributed by atoms with Crippen LogP contribution in [0.5, 0.6) is 0 Å². The first-order valence-corrected chi connectivity index (χ1v) is 3.55. The Morgan fingerprint density at radius 2 is 0.800 bits per heavy atom. The second kappa shape index (κ2) is 3.77. The number of rotatable bonds is 4. The van der Waals surface area contributed by atoms with Gasteiger partial charge in [0, 0.05) is 0 Å². The Morgan fingerprint density at radius 3 is 0.933 bits per heavy atom. The molecule has 0 aliphatic rings. The van der Waals surface area contributed by atoms with E-state index in [0.29, 0.717) is 0 Å². The van der Waals surface area contributed by atoms with Crippen molar-refractivity contribution in [2.24, 2.45) is 0 Å². The second-order valence-electron chi connectivity index (χ2n) is 2.13. The molecule has 0 aliphatic heterocycles. The van der Waals surface area contributed by atoms with Crippen LogP contribution in [0.25, 0.3) is 0 Å². The second-order valence-corrected chi connectivity index (χ2v) is 3.08. The number of alkyl halides is 10. The number of halogens is 10. The van der Waals surface area contributed by atoms with Crippen LogP contribution in [0.1, 0.15) is 0 Å². The third kappa shape index (κ3) is 3.49. The van der Waals surface area contributed by atoms with E-state index in [1.165, 1.54) is 0 Å². The monoisotopic (exact) mass is 286 g/mol. The van der Waals surface area contributed by atoms with E-state index in [1.54, 1.807) is 0 Å². The molecule has 92 valence electrons. The highest BCUT2D eigenvalue weighted by atomic mass is 35.5. The van der Waals surface area contributed by atoms with Crippen LogP contribution in [0.4, 0.5) is 35.1 Å². The van der Waals surface area contributed by atoms with Gasteiger partial charge < -0.3 is 0 Å². The summed E-state index contributed by atoms with van der Waals surface area (Å²) in [4.78, 5) is 0. The summed E-state index contributed by atoms with van der Waals surface area (Å²) in [6.07, 6.45) is -12.0. The van der Waals surface area contributed by atoms with Crippen LogP contribution in [0.3, 0.4) is 0 Å². The molecule has 0 unspecified atom stereocenters. The summed E-state index contributed by atoms with van der Waals surface area (Å²) in [6, 6.07) is 0. The number of ether oxygens (including phenoxy) is 1. The quantitative estimate of drug-likeness (QED) is 0.563. The minimum atomic E-state index is -6.00. The Morgan fingerprint density at radius 1 is 0.600 bits per heavy atom. The maximum absolute atomic E-state index is 12.0. The van der Waals surface area contributed by atoms with E-state index in [4.69, 9.17) is 0 Å². The normalized spacial score (nSPS) is 15.6. The molecule has 0 amide bonds. The summed E-state index contributed by atoms with van der Waals surface area (Å²) in [5.74, 6) is 0. The third-order valence-electron chi connectivity index (χ3n) is 0.916. The lowest BCUT2D eigenvalue weighted by Crippen LogP contribution is -2.49. The fourth-order valence-corrected chi connectivity index (χ4v) is 0.354. The zero-order valence-electron chi connectivity index (χ0n) is 6.19. The van der Waals surface area contributed by atoms with Crippen molar-refractivity contribution in [3.63, 3.8) is 0 Å². The molecule has 15 heavy (non-hydrogen) atoms. The minimum absolute atomic E-state index is 1.92. The van der Waals surface area contributed by atoms with E-state index >= 15 is 0 Å². The maximum atomic E-state index is 12.0. The third-order valence-corrected chi connectivity index (χ3v) is 1.36. The molecule has 0 fully saturated rings. The summed E-state index contributed by atoms with van der Waals surface area (Å²) in [5.41, 5.74) is 0. The molecule has 0 aromatic carbocycles. The fraction of sp³-hybridized carbons (Fsp3) is 1.00. The number of hydrogen-bond acceptors (Lipinski definition) is 1. The largest absolute Gasteiger partial charge is 0.439 e. The molecule has 0 heterocycles. The molecule has 0 aliphatic carbocycles. The van der Waals surface area contributed by atoms with E-state index in [1.807, 2.05) is 4.74 Å². The average molecular weight is 287 g/mol. The molecule has 0 aromatic rings. The van der Waals surface area contributed by atoms with Gasteiger partial charge in [-0.05, 0) is 23.2 Å². The van der Waals surface area contributed by atoms with Crippen molar-refractivity contribution in [2.45, 2.75) is 23.0 Å². The molecule has 0 radical (unpaired) electrons. The molecule has 0 aromatic heterocycles. The van der Waals surface area contributed by atoms with Crippen molar-refractivity contribution in [3.8, 4) is 0 Å². The van der Waals surface area contributed by atoms with Gasteiger partial charge in [0.25, 0.3) is 0 Å². The Labute approximate surface area is 86.9 Å². The molecular formula is C4Cl2F8O. The van der Waals surface area contributed by atoms with Gasteiger partial charge in [0.05, 0.1) is 0 Å². The van der Waals surface area contributed by atoms with Crippen LogP contribution >= 0.6 is 23.2 Å². The first-order valence-electron chi connectivity index (χ1n) is 2.80. The molecular weight excluding hydrogens is 287 g/mol. The van der Waals surface area contributed by atoms with Crippen LogP contribution in [-0.4, -0.2) is 23.0 Å². The van der Waals surface area contributed by atoms with E-state index < -0.39 is 23.0 Å². The number of hydrogen-bond donors (Lipinski definition) is 0. The van der Waals surface area contributed by atoms with Gasteiger partial charge in [-0.1, -0.05) is 0 Å². The predicted octanol–water partition coefficient (Wildman–Crippen LogP) is 3.85. The average Bonchev–Trinajstić information content (AvgIpc) is 1.77. The van der Waals surface area contributed by atoms with Gasteiger partial charge in [-0.3, -0.25) is 0 Å². The first-order chi connectivity index (χ1) is 6.21. The summed E-state index contributed by atoms with van der Waals surface area (Å²) in [6.45, 7) is 0. The standard InChI is InChI=1S/C4Cl2F8O/c5-1(7,8)3(11,12)15-4(13,14)2(6,9)10. The van der Waals surface area contributed by atoms with Crippen molar-refractivity contribution in [1.82, 2.24) is 0 Å². The van der Waals surface area contributed by atoms with Crippen LogP contribution in [0.2, 0.25) is 0 Å². The summed E-state index contributed by atoms with van der Waals surface area (Å²) >= 11 is 7.30. The van der Waals surface area contributed by atoms with Crippen molar-refractivity contribution < 1.29 is 39.9 Å². The molecule has 0 atom stereocenters. The van der Waals surface area contributed by atoms with Gasteiger partial charge in [0.2, 0.25) is 0 Å². The predicted molar refractivity (Wildman–Crippen MR) is 32.6 cm³/mol. The van der Waals surface area contributed by atoms with Crippen molar-refractivity contribution >= 4 is 23.2 Å². The van der Waals surface area contributed by atoms with E-state index in [9.17, 15) is 35.1 Å². The highest BCUT2D eigenvalue weighted by molar-refractivity contribution is 6.22. The highest BCUT2D eigenvalue weighted by Gasteiger charge is 2.68. The van der Waals surface area contributed by atoms with Gasteiger partial charge in [-0.15, -0.1) is 0 Å². The van der Waals surface area contributed by atoms with Crippen LogP contribution in [0, 0.1) is 0 Å². The van der Waals surface area contributed by atoms with Crippen molar-refractivity contribution in [1.29, 1.82) is 0 Å². The molecule has 1 nitrogen and oxygen atoms in total. The Balaban J connectivity index is 4.89. The lowest BCUT2D eigenvalue weighted by molar-refractivity contribution is -0.443. The summed E-state index contributed by atoms with van der Waals surface area (Å²) < 4.78 is 96.6. The fourth-order valence-electron chi connectivity index (χ4n) is 0.277. The van der Waals surface area contributed by atoms with Gasteiger partial charge in [0.15, 0.2) is 0 Å². The molecule has 0 bridgehead atoms. The van der Waals surface area contributed by atoms with Gasteiger partial charge >= 0.3 is 23.0 Å². The van der Waals surface area contributed by atoms with Gasteiger partial charge in [-0.2, -0.15) is 35.1 Å². The lowest BCUT2D eigenvalue weighted by atomic mass is 10.6. The van der Waals surface area contributed by atoms with Crippen LogP contribution in [0.15, 0.2) is 0 Å². The molecule has 0 saturated carbocycles. The molecule has 0 spiro atoms. The van der Waals surface area contributed by atoms with E-state index in [-0.39, 0.29) is 0 Å². The zero-order chi connectivity index (χ0) is 12.7. The van der Waals surface area contributed by atoms with Gasteiger partial charge in [-0.25, -0.2) is 4.74 Å². The van der Waals surface area contributed by atoms with Crippen LogP contribution < -0.4 is 0 Å². The lowest BCUT2D eigenvalue weighted by Gasteiger charge is -2.27. The maximum Gasteiger partial charge on any atom is 0.439 e. The Hall–Kier alpha value is -0.0200. The molecule has 11 heteroatoms. The van der Waals surface area contributed by atoms with Crippen LogP contribution in [-0.2, 0) is 4.74 Å². The molecule has 0 saturated heterocycles. The van der Waals surface area contributed by atoms with Gasteiger partial charge in [0.1, 0.15) is 0 Å². The zero-order valence-corrected chi connectivity index (χ0v) is 7.70. The van der Waals surface area contributed by atoms with Crippen molar-refractivity contribution in [3.05, 3.63) is 0 Å².